The number of benzene rings is 3. The van der Waals surface area contributed by atoms with Gasteiger partial charge in [-0.2, -0.15) is 0 Å². The molecule has 0 unspecified atom stereocenters. The number of rotatable bonds is 3. The fourth-order valence-electron chi connectivity index (χ4n) is 3.95. The summed E-state index contributed by atoms with van der Waals surface area (Å²) >= 11 is 0. The lowest BCUT2D eigenvalue weighted by Gasteiger charge is -2.36. The Bertz CT molecular complexity index is 1250. The smallest absolute Gasteiger partial charge is 0.408 e. The van der Waals surface area contributed by atoms with Crippen LogP contribution in [0.4, 0.5) is 5.69 Å². The number of piperazine rings is 1. The molecule has 2 heterocycles. The van der Waals surface area contributed by atoms with Crippen molar-refractivity contribution in [2.75, 3.05) is 31.1 Å². The molecule has 0 saturated carbocycles. The number of amides is 1. The van der Waals surface area contributed by atoms with E-state index in [1.54, 1.807) is 6.07 Å². The van der Waals surface area contributed by atoms with Gasteiger partial charge in [0.05, 0.1) is 5.52 Å². The molecule has 1 aromatic heterocycles. The molecule has 3 aromatic carbocycles. The minimum Gasteiger partial charge on any atom is -0.408 e. The molecule has 0 atom stereocenters. The Kier molecular flexibility index (Phi) is 4.59. The summed E-state index contributed by atoms with van der Waals surface area (Å²) in [5.74, 6) is -0.391. The highest BCUT2D eigenvalue weighted by Crippen LogP contribution is 2.23. The Morgan fingerprint density at radius 3 is 2.40 bits per heavy atom. The molecule has 1 fully saturated rings. The topological polar surface area (TPSA) is 69.6 Å². The molecule has 6 nitrogen and oxygen atoms in total. The fourth-order valence-corrected chi connectivity index (χ4v) is 3.95. The van der Waals surface area contributed by atoms with E-state index in [1.165, 1.54) is 0 Å². The normalized spacial score (nSPS) is 14.3. The average molecular weight is 399 g/mol. The summed E-state index contributed by atoms with van der Waals surface area (Å²) < 4.78 is 5.07. The van der Waals surface area contributed by atoms with Crippen LogP contribution in [0.5, 0.6) is 0 Å². The van der Waals surface area contributed by atoms with Crippen molar-refractivity contribution in [3.63, 3.8) is 0 Å². The highest BCUT2D eigenvalue weighted by molar-refractivity contribution is 5.95. The molecule has 0 spiro atoms. The minimum absolute atomic E-state index is 0.0575. The molecule has 1 aliphatic rings. The Morgan fingerprint density at radius 1 is 0.833 bits per heavy atom. The molecule has 6 heteroatoms. The van der Waals surface area contributed by atoms with Gasteiger partial charge in [-0.1, -0.05) is 42.5 Å². The number of anilines is 1. The van der Waals surface area contributed by atoms with Gasteiger partial charge in [0.15, 0.2) is 5.58 Å². The zero-order valence-corrected chi connectivity index (χ0v) is 16.4. The monoisotopic (exact) mass is 399 g/mol. The summed E-state index contributed by atoms with van der Waals surface area (Å²) in [5, 5.41) is 0. The lowest BCUT2D eigenvalue weighted by molar-refractivity contribution is 0.0747. The van der Waals surface area contributed by atoms with Gasteiger partial charge in [-0.3, -0.25) is 9.78 Å². The van der Waals surface area contributed by atoms with Crippen LogP contribution in [0.2, 0.25) is 0 Å². The van der Waals surface area contributed by atoms with Crippen LogP contribution in [0.1, 0.15) is 10.4 Å². The molecule has 30 heavy (non-hydrogen) atoms. The number of nitrogens with zero attached hydrogens (tertiary/aromatic N) is 2. The summed E-state index contributed by atoms with van der Waals surface area (Å²) in [7, 11) is 0. The van der Waals surface area contributed by atoms with Crippen molar-refractivity contribution in [2.24, 2.45) is 0 Å². The number of carbonyl (C=O) groups excluding carboxylic acids is 1. The third-order valence-corrected chi connectivity index (χ3v) is 5.55. The van der Waals surface area contributed by atoms with Crippen LogP contribution in [-0.4, -0.2) is 42.0 Å². The van der Waals surface area contributed by atoms with E-state index in [0.717, 1.165) is 29.9 Å². The maximum Gasteiger partial charge on any atom is 0.417 e. The summed E-state index contributed by atoms with van der Waals surface area (Å²) in [6, 6.07) is 23.6. The fraction of sp³-hybridized carbons (Fsp3) is 0.167. The molecule has 5 rings (SSSR count). The van der Waals surface area contributed by atoms with E-state index in [0.29, 0.717) is 29.8 Å². The first-order valence-electron chi connectivity index (χ1n) is 10.00. The molecule has 150 valence electrons. The van der Waals surface area contributed by atoms with E-state index in [-0.39, 0.29) is 5.91 Å². The quantitative estimate of drug-likeness (QED) is 0.570. The first-order valence-corrected chi connectivity index (χ1v) is 10.00. The summed E-state index contributed by atoms with van der Waals surface area (Å²) in [5.41, 5.74) is 5.11. The van der Waals surface area contributed by atoms with Crippen LogP contribution in [-0.2, 0) is 0 Å². The third kappa shape index (κ3) is 3.48. The molecule has 0 aliphatic carbocycles. The van der Waals surface area contributed by atoms with E-state index >= 15 is 0 Å². The molecule has 1 saturated heterocycles. The van der Waals surface area contributed by atoms with Crippen molar-refractivity contribution in [2.45, 2.75) is 0 Å². The van der Waals surface area contributed by atoms with E-state index < -0.39 is 5.76 Å². The number of aromatic amines is 1. The number of fused-ring (bicyclic) bond motifs is 1. The van der Waals surface area contributed by atoms with Gasteiger partial charge in [-0.15, -0.1) is 0 Å². The van der Waals surface area contributed by atoms with Crippen molar-refractivity contribution in [3.05, 3.63) is 88.9 Å². The second kappa shape index (κ2) is 7.55. The Balaban J connectivity index is 1.29. The van der Waals surface area contributed by atoms with Crippen molar-refractivity contribution < 1.29 is 9.21 Å². The molecule has 0 bridgehead atoms. The predicted molar refractivity (Wildman–Crippen MR) is 117 cm³/mol. The highest BCUT2D eigenvalue weighted by Gasteiger charge is 2.23. The molecule has 1 aliphatic heterocycles. The van der Waals surface area contributed by atoms with Gasteiger partial charge in [0.25, 0.3) is 5.91 Å². The zero-order chi connectivity index (χ0) is 20.5. The number of hydrogen-bond donors (Lipinski definition) is 1. The zero-order valence-electron chi connectivity index (χ0n) is 16.4. The molecular weight excluding hydrogens is 378 g/mol. The third-order valence-electron chi connectivity index (χ3n) is 5.55. The second-order valence-corrected chi connectivity index (χ2v) is 7.42. The lowest BCUT2D eigenvalue weighted by atomic mass is 10.0. The van der Waals surface area contributed by atoms with Crippen LogP contribution in [0.15, 0.2) is 82.0 Å². The number of carbonyl (C=O) groups is 1. The predicted octanol–water partition coefficient (Wildman–Crippen LogP) is 3.75. The maximum absolute atomic E-state index is 13.1. The number of aromatic nitrogens is 1. The van der Waals surface area contributed by atoms with Gasteiger partial charge >= 0.3 is 5.76 Å². The summed E-state index contributed by atoms with van der Waals surface area (Å²) in [6.07, 6.45) is 0. The van der Waals surface area contributed by atoms with Crippen molar-refractivity contribution in [1.82, 2.24) is 9.88 Å². The Hall–Kier alpha value is -3.80. The van der Waals surface area contributed by atoms with E-state index in [2.05, 4.69) is 9.88 Å². The van der Waals surface area contributed by atoms with Gasteiger partial charge in [0.1, 0.15) is 0 Å². The Labute approximate surface area is 173 Å². The number of oxazole rings is 1. The van der Waals surface area contributed by atoms with Crippen LogP contribution < -0.4 is 10.7 Å². The SMILES string of the molecule is O=C(c1cccc(-c2ccccc2)c1)N1CCN(c2ccc3oc(=O)[nH]c3c2)CC1. The van der Waals surface area contributed by atoms with Crippen LogP contribution >= 0.6 is 0 Å². The highest BCUT2D eigenvalue weighted by atomic mass is 16.4. The number of nitrogens with one attached hydrogen (secondary N) is 1. The Morgan fingerprint density at radius 2 is 1.60 bits per heavy atom. The molecule has 1 N–H and O–H groups in total. The van der Waals surface area contributed by atoms with Gasteiger partial charge < -0.3 is 14.2 Å². The molecule has 0 radical (unpaired) electrons. The van der Waals surface area contributed by atoms with E-state index in [4.69, 9.17) is 4.42 Å². The average Bonchev–Trinajstić information content (AvgIpc) is 3.18. The van der Waals surface area contributed by atoms with E-state index in [9.17, 15) is 9.59 Å². The van der Waals surface area contributed by atoms with Gasteiger partial charge in [0, 0.05) is 37.4 Å². The minimum atomic E-state index is -0.449. The largest absolute Gasteiger partial charge is 0.417 e. The summed E-state index contributed by atoms with van der Waals surface area (Å²) in [6.45, 7) is 2.76. The van der Waals surface area contributed by atoms with Gasteiger partial charge in [-0.25, -0.2) is 4.79 Å². The van der Waals surface area contributed by atoms with Crippen molar-refractivity contribution in [3.8, 4) is 11.1 Å². The van der Waals surface area contributed by atoms with Crippen molar-refractivity contribution in [1.29, 1.82) is 0 Å². The first-order chi connectivity index (χ1) is 14.7. The summed E-state index contributed by atoms with van der Waals surface area (Å²) in [4.78, 5) is 31.2. The van der Waals surface area contributed by atoms with Gasteiger partial charge in [0.2, 0.25) is 0 Å². The van der Waals surface area contributed by atoms with Gasteiger partial charge in [-0.05, 0) is 41.5 Å². The second-order valence-electron chi connectivity index (χ2n) is 7.42. The number of H-pyrrole nitrogens is 1. The lowest BCUT2D eigenvalue weighted by Crippen LogP contribution is -2.48. The van der Waals surface area contributed by atoms with Crippen LogP contribution in [0.3, 0.4) is 0 Å². The van der Waals surface area contributed by atoms with E-state index in [1.807, 2.05) is 71.6 Å². The molecule has 4 aromatic rings. The molecule has 1 amide bonds. The van der Waals surface area contributed by atoms with Crippen molar-refractivity contribution >= 4 is 22.7 Å². The first kappa shape index (κ1) is 18.2. The maximum atomic E-state index is 13.1. The van der Waals surface area contributed by atoms with Crippen LogP contribution in [0.25, 0.3) is 22.2 Å². The standard InChI is InChI=1S/C24H21N3O3/c28-23(19-8-4-7-18(15-19)17-5-2-1-3-6-17)27-13-11-26(12-14-27)20-9-10-22-21(16-20)25-24(29)30-22/h1-10,15-16H,11-14H2,(H,25,29). The number of hydrogen-bond acceptors (Lipinski definition) is 4. The molecular formula is C24H21N3O3. The van der Waals surface area contributed by atoms with Crippen LogP contribution in [0, 0.1) is 0 Å².